The van der Waals surface area contributed by atoms with E-state index in [1.165, 1.54) is 0 Å². The Kier molecular flexibility index (Phi) is 5.28. The minimum atomic E-state index is -0.520. The molecule has 2 aliphatic rings. The summed E-state index contributed by atoms with van der Waals surface area (Å²) in [6.07, 6.45) is 6.64. The van der Waals surface area contributed by atoms with Gasteiger partial charge in [-0.3, -0.25) is 9.59 Å². The standard InChI is InChI=1S/C24H27N5O3/c1-15-25-22-12-11-17(14-28(22)27-15)26-23(30)20-13-16-7-3-5-9-19(16)29(20)24(31)18-8-4-6-10-21(18)32-2/h4,6,8,10-12,14,16,19-20H,3,5,7,9,13H2,1-2H3,(H,26,30)/t16-,19+,20-/m0/s1. The highest BCUT2D eigenvalue weighted by atomic mass is 16.5. The van der Waals surface area contributed by atoms with Crippen molar-refractivity contribution in [1.82, 2.24) is 19.5 Å². The Bertz CT molecular complexity index is 1170. The zero-order valence-corrected chi connectivity index (χ0v) is 18.3. The molecular weight excluding hydrogens is 406 g/mol. The third kappa shape index (κ3) is 3.59. The fourth-order valence-electron chi connectivity index (χ4n) is 5.24. The molecule has 8 heteroatoms. The van der Waals surface area contributed by atoms with Crippen molar-refractivity contribution in [3.05, 3.63) is 54.0 Å². The van der Waals surface area contributed by atoms with Crippen molar-refractivity contribution in [1.29, 1.82) is 0 Å². The first-order valence-electron chi connectivity index (χ1n) is 11.1. The van der Waals surface area contributed by atoms with Crippen LogP contribution in [0.25, 0.3) is 5.65 Å². The Morgan fingerprint density at radius 1 is 1.12 bits per heavy atom. The van der Waals surface area contributed by atoms with Crippen LogP contribution in [0.15, 0.2) is 42.6 Å². The number of carbonyl (C=O) groups excluding carboxylic acids is 2. The summed E-state index contributed by atoms with van der Waals surface area (Å²) in [6, 6.07) is 10.4. The molecule has 0 bridgehead atoms. The van der Waals surface area contributed by atoms with Crippen molar-refractivity contribution in [3.63, 3.8) is 0 Å². The average molecular weight is 434 g/mol. The maximum absolute atomic E-state index is 13.7. The van der Waals surface area contributed by atoms with Crippen LogP contribution in [0.5, 0.6) is 5.75 Å². The number of likely N-dealkylation sites (tertiary alicyclic amines) is 1. The summed E-state index contributed by atoms with van der Waals surface area (Å²) in [6.45, 7) is 1.83. The van der Waals surface area contributed by atoms with Gasteiger partial charge in [0.1, 0.15) is 17.6 Å². The van der Waals surface area contributed by atoms with Gasteiger partial charge in [0.05, 0.1) is 24.6 Å². The van der Waals surface area contributed by atoms with Gasteiger partial charge in [0.25, 0.3) is 5.91 Å². The second kappa shape index (κ2) is 8.26. The maximum atomic E-state index is 13.7. The largest absolute Gasteiger partial charge is 0.496 e. The number of carbonyl (C=O) groups is 2. The molecule has 1 aromatic carbocycles. The first-order valence-corrected chi connectivity index (χ1v) is 11.1. The molecule has 3 atom stereocenters. The van der Waals surface area contributed by atoms with Crippen LogP contribution < -0.4 is 10.1 Å². The van der Waals surface area contributed by atoms with Crippen LogP contribution >= 0.6 is 0 Å². The van der Waals surface area contributed by atoms with Crippen LogP contribution in [0.3, 0.4) is 0 Å². The van der Waals surface area contributed by atoms with Gasteiger partial charge in [0, 0.05) is 6.04 Å². The number of rotatable bonds is 4. The normalized spacial score (nSPS) is 22.6. The number of aromatic nitrogens is 3. The lowest BCUT2D eigenvalue weighted by atomic mass is 9.84. The minimum absolute atomic E-state index is 0.0809. The molecule has 0 radical (unpaired) electrons. The second-order valence-electron chi connectivity index (χ2n) is 8.64. The number of hydrogen-bond donors (Lipinski definition) is 1. The molecule has 3 heterocycles. The Morgan fingerprint density at radius 3 is 2.78 bits per heavy atom. The number of aryl methyl sites for hydroxylation is 1. The summed E-state index contributed by atoms with van der Waals surface area (Å²) >= 11 is 0. The van der Waals surface area contributed by atoms with Gasteiger partial charge in [-0.05, 0) is 56.4 Å². The van der Waals surface area contributed by atoms with Crippen molar-refractivity contribution in [2.75, 3.05) is 12.4 Å². The number of benzene rings is 1. The Morgan fingerprint density at radius 2 is 1.94 bits per heavy atom. The Hall–Kier alpha value is -3.42. The fourth-order valence-corrected chi connectivity index (χ4v) is 5.24. The van der Waals surface area contributed by atoms with Gasteiger partial charge in [0.2, 0.25) is 5.91 Å². The topological polar surface area (TPSA) is 88.8 Å². The molecule has 1 N–H and O–H groups in total. The van der Waals surface area contributed by atoms with Crippen LogP contribution in [0.1, 0.15) is 48.3 Å². The number of ether oxygens (including phenoxy) is 1. The average Bonchev–Trinajstić information content (AvgIpc) is 3.38. The van der Waals surface area contributed by atoms with Gasteiger partial charge in [-0.2, -0.15) is 5.10 Å². The summed E-state index contributed by atoms with van der Waals surface area (Å²) < 4.78 is 7.08. The Labute approximate surface area is 186 Å². The zero-order valence-electron chi connectivity index (χ0n) is 18.3. The van der Waals surface area contributed by atoms with Crippen LogP contribution in [0.2, 0.25) is 0 Å². The van der Waals surface area contributed by atoms with Crippen molar-refractivity contribution in [2.45, 2.75) is 51.1 Å². The summed E-state index contributed by atoms with van der Waals surface area (Å²) in [5.74, 6) is 1.24. The van der Waals surface area contributed by atoms with Crippen molar-refractivity contribution < 1.29 is 14.3 Å². The highest BCUT2D eigenvalue weighted by Gasteiger charge is 2.48. The molecule has 32 heavy (non-hydrogen) atoms. The van der Waals surface area contributed by atoms with Gasteiger partial charge in [0.15, 0.2) is 5.65 Å². The summed E-state index contributed by atoms with van der Waals surface area (Å²) in [5.41, 5.74) is 1.85. The van der Waals surface area contributed by atoms with E-state index in [0.29, 0.717) is 35.2 Å². The van der Waals surface area contributed by atoms with E-state index < -0.39 is 6.04 Å². The molecule has 8 nitrogen and oxygen atoms in total. The van der Waals surface area contributed by atoms with Crippen molar-refractivity contribution in [3.8, 4) is 5.75 Å². The third-order valence-corrected chi connectivity index (χ3v) is 6.67. The summed E-state index contributed by atoms with van der Waals surface area (Å²) in [5, 5.41) is 7.32. The van der Waals surface area contributed by atoms with Crippen LogP contribution in [0, 0.1) is 12.8 Å². The SMILES string of the molecule is COc1ccccc1C(=O)N1[C@@H]2CCCC[C@H]2C[C@H]1C(=O)Nc1ccc2nc(C)nn2c1. The van der Waals surface area contributed by atoms with Gasteiger partial charge >= 0.3 is 0 Å². The lowest BCUT2D eigenvalue weighted by Gasteiger charge is -2.34. The molecule has 3 aromatic rings. The predicted molar refractivity (Wildman–Crippen MR) is 120 cm³/mol. The predicted octanol–water partition coefficient (Wildman–Crippen LogP) is 3.46. The van der Waals surface area contributed by atoms with Gasteiger partial charge < -0.3 is 15.0 Å². The van der Waals surface area contributed by atoms with E-state index in [0.717, 1.165) is 31.3 Å². The van der Waals surface area contributed by atoms with Crippen molar-refractivity contribution in [2.24, 2.45) is 5.92 Å². The van der Waals surface area contributed by atoms with E-state index in [2.05, 4.69) is 15.4 Å². The molecule has 1 aliphatic carbocycles. The van der Waals surface area contributed by atoms with E-state index in [1.807, 2.05) is 36.1 Å². The highest BCUT2D eigenvalue weighted by molar-refractivity contribution is 6.03. The number of nitrogens with zero attached hydrogens (tertiary/aromatic N) is 4. The molecule has 1 saturated carbocycles. The first-order chi connectivity index (χ1) is 15.5. The number of pyridine rings is 1. The summed E-state index contributed by atoms with van der Waals surface area (Å²) in [7, 11) is 1.56. The number of hydrogen-bond acceptors (Lipinski definition) is 5. The lowest BCUT2D eigenvalue weighted by Crippen LogP contribution is -2.48. The third-order valence-electron chi connectivity index (χ3n) is 6.67. The van der Waals surface area contributed by atoms with Crippen LogP contribution in [-0.2, 0) is 4.79 Å². The molecular formula is C24H27N5O3. The van der Waals surface area contributed by atoms with E-state index in [4.69, 9.17) is 4.74 Å². The second-order valence-corrected chi connectivity index (χ2v) is 8.64. The molecule has 2 fully saturated rings. The number of nitrogens with one attached hydrogen (secondary N) is 1. The zero-order chi connectivity index (χ0) is 22.2. The summed E-state index contributed by atoms with van der Waals surface area (Å²) in [4.78, 5) is 33.2. The molecule has 1 saturated heterocycles. The van der Waals surface area contributed by atoms with Gasteiger partial charge in [-0.25, -0.2) is 9.50 Å². The molecule has 0 spiro atoms. The van der Waals surface area contributed by atoms with Crippen LogP contribution in [-0.4, -0.2) is 50.5 Å². The van der Waals surface area contributed by atoms with E-state index in [-0.39, 0.29) is 17.9 Å². The number of amides is 2. The Balaban J connectivity index is 1.44. The fraction of sp³-hybridized carbons (Fsp3) is 0.417. The number of para-hydroxylation sites is 1. The monoisotopic (exact) mass is 433 g/mol. The number of fused-ring (bicyclic) bond motifs is 2. The smallest absolute Gasteiger partial charge is 0.258 e. The maximum Gasteiger partial charge on any atom is 0.258 e. The first kappa shape index (κ1) is 20.5. The molecule has 1 aliphatic heterocycles. The van der Waals surface area contributed by atoms with Gasteiger partial charge in [-0.15, -0.1) is 0 Å². The number of anilines is 1. The van der Waals surface area contributed by atoms with E-state index in [1.54, 1.807) is 30.0 Å². The highest BCUT2D eigenvalue weighted by Crippen LogP contribution is 2.41. The van der Waals surface area contributed by atoms with Crippen molar-refractivity contribution >= 4 is 23.1 Å². The lowest BCUT2D eigenvalue weighted by molar-refractivity contribution is -0.120. The van der Waals surface area contributed by atoms with E-state index in [9.17, 15) is 9.59 Å². The van der Waals surface area contributed by atoms with Crippen LogP contribution in [0.4, 0.5) is 5.69 Å². The molecule has 5 rings (SSSR count). The molecule has 0 unspecified atom stereocenters. The number of methoxy groups -OCH3 is 1. The molecule has 2 aromatic heterocycles. The minimum Gasteiger partial charge on any atom is -0.496 e. The van der Waals surface area contributed by atoms with Gasteiger partial charge in [-0.1, -0.05) is 25.0 Å². The van der Waals surface area contributed by atoms with E-state index >= 15 is 0 Å². The molecule has 2 amide bonds. The quantitative estimate of drug-likeness (QED) is 0.681. The molecule has 166 valence electrons.